The van der Waals surface area contributed by atoms with Crippen LogP contribution in [-0.4, -0.2) is 25.2 Å². The quantitative estimate of drug-likeness (QED) is 0.885. The maximum absolute atomic E-state index is 12.3. The molecule has 0 aromatic heterocycles. The number of benzene rings is 2. The van der Waals surface area contributed by atoms with E-state index in [9.17, 15) is 4.79 Å². The zero-order valence-corrected chi connectivity index (χ0v) is 14.9. The number of amides is 1. The second-order valence-electron chi connectivity index (χ2n) is 5.85. The fourth-order valence-electron chi connectivity index (χ4n) is 2.54. The average Bonchev–Trinajstić information content (AvgIpc) is 2.62. The fourth-order valence-corrected chi connectivity index (χ4v) is 2.71. The molecule has 0 spiro atoms. The van der Waals surface area contributed by atoms with Crippen molar-refractivity contribution in [1.82, 2.24) is 5.32 Å². The van der Waals surface area contributed by atoms with E-state index < -0.39 is 6.10 Å². The normalized spacial score (nSPS) is 13.9. The number of hydrogen-bond acceptors (Lipinski definition) is 4. The smallest absolute Gasteiger partial charge is 0.261 e. The molecule has 0 saturated heterocycles. The third kappa shape index (κ3) is 4.17. The molecule has 2 aromatic carbocycles. The lowest BCUT2D eigenvalue weighted by Crippen LogP contribution is -2.36. The highest BCUT2D eigenvalue weighted by atomic mass is 35.5. The molecule has 3 rings (SSSR count). The summed E-state index contributed by atoms with van der Waals surface area (Å²) in [6, 6.07) is 11.1. The van der Waals surface area contributed by atoms with Crippen molar-refractivity contribution >= 4 is 17.5 Å². The maximum Gasteiger partial charge on any atom is 0.261 e. The SMILES string of the molecule is Cc1ccc(Cl)c(OC(C)C(=O)NCc2cccc3c2OCCO3)c1. The van der Waals surface area contributed by atoms with Crippen molar-refractivity contribution in [2.45, 2.75) is 26.5 Å². The Morgan fingerprint density at radius 1 is 1.28 bits per heavy atom. The summed E-state index contributed by atoms with van der Waals surface area (Å²) in [5.41, 5.74) is 1.88. The van der Waals surface area contributed by atoms with Gasteiger partial charge < -0.3 is 19.5 Å². The highest BCUT2D eigenvalue weighted by Crippen LogP contribution is 2.33. The molecule has 0 aliphatic carbocycles. The van der Waals surface area contributed by atoms with Gasteiger partial charge in [-0.05, 0) is 37.6 Å². The van der Waals surface area contributed by atoms with Gasteiger partial charge in [0.2, 0.25) is 0 Å². The molecular formula is C19H20ClNO4. The van der Waals surface area contributed by atoms with E-state index in [0.717, 1.165) is 11.1 Å². The highest BCUT2D eigenvalue weighted by Gasteiger charge is 2.19. The van der Waals surface area contributed by atoms with Crippen LogP contribution in [0.1, 0.15) is 18.1 Å². The second-order valence-corrected chi connectivity index (χ2v) is 6.26. The number of nitrogens with one attached hydrogen (secondary N) is 1. The Balaban J connectivity index is 1.62. The van der Waals surface area contributed by atoms with Crippen molar-refractivity contribution in [2.24, 2.45) is 0 Å². The number of carbonyl (C=O) groups is 1. The van der Waals surface area contributed by atoms with Crippen LogP contribution in [0.25, 0.3) is 0 Å². The zero-order valence-electron chi connectivity index (χ0n) is 14.2. The summed E-state index contributed by atoms with van der Waals surface area (Å²) >= 11 is 6.11. The van der Waals surface area contributed by atoms with Gasteiger partial charge in [-0.15, -0.1) is 0 Å². The molecule has 0 bridgehead atoms. The minimum atomic E-state index is -0.670. The van der Waals surface area contributed by atoms with E-state index in [0.29, 0.717) is 42.0 Å². The number of aryl methyl sites for hydroxylation is 1. The molecule has 2 aromatic rings. The summed E-state index contributed by atoms with van der Waals surface area (Å²) in [6.07, 6.45) is -0.670. The molecule has 1 heterocycles. The summed E-state index contributed by atoms with van der Waals surface area (Å²) in [7, 11) is 0. The molecule has 25 heavy (non-hydrogen) atoms. The lowest BCUT2D eigenvalue weighted by atomic mass is 10.1. The van der Waals surface area contributed by atoms with Crippen molar-refractivity contribution in [1.29, 1.82) is 0 Å². The third-order valence-corrected chi connectivity index (χ3v) is 4.17. The predicted molar refractivity (Wildman–Crippen MR) is 95.6 cm³/mol. The summed E-state index contributed by atoms with van der Waals surface area (Å²) < 4.78 is 16.9. The number of ether oxygens (including phenoxy) is 3. The lowest BCUT2D eigenvalue weighted by Gasteiger charge is -2.21. The van der Waals surface area contributed by atoms with Gasteiger partial charge in [0.25, 0.3) is 5.91 Å². The van der Waals surface area contributed by atoms with Crippen LogP contribution in [0.15, 0.2) is 36.4 Å². The first-order valence-electron chi connectivity index (χ1n) is 8.12. The van der Waals surface area contributed by atoms with Gasteiger partial charge in [-0.1, -0.05) is 29.8 Å². The van der Waals surface area contributed by atoms with E-state index in [1.54, 1.807) is 13.0 Å². The molecule has 1 aliphatic heterocycles. The first-order valence-corrected chi connectivity index (χ1v) is 8.50. The molecule has 0 fully saturated rings. The molecule has 6 heteroatoms. The number of hydrogen-bond donors (Lipinski definition) is 1. The van der Waals surface area contributed by atoms with Gasteiger partial charge in [0, 0.05) is 12.1 Å². The summed E-state index contributed by atoms with van der Waals surface area (Å²) in [4.78, 5) is 12.3. The molecule has 1 atom stereocenters. The molecular weight excluding hydrogens is 342 g/mol. The minimum absolute atomic E-state index is 0.230. The van der Waals surface area contributed by atoms with Crippen LogP contribution >= 0.6 is 11.6 Å². The Labute approximate surface area is 151 Å². The number of para-hydroxylation sites is 1. The minimum Gasteiger partial charge on any atom is -0.486 e. The van der Waals surface area contributed by atoms with Crippen molar-refractivity contribution in [3.63, 3.8) is 0 Å². The molecule has 1 aliphatic rings. The summed E-state index contributed by atoms with van der Waals surface area (Å²) in [6.45, 7) is 5.00. The van der Waals surface area contributed by atoms with Crippen LogP contribution in [0.3, 0.4) is 0 Å². The molecule has 1 unspecified atom stereocenters. The third-order valence-electron chi connectivity index (χ3n) is 3.86. The number of fused-ring (bicyclic) bond motifs is 1. The van der Waals surface area contributed by atoms with E-state index in [1.165, 1.54) is 0 Å². The van der Waals surface area contributed by atoms with Gasteiger partial charge in [0.1, 0.15) is 19.0 Å². The highest BCUT2D eigenvalue weighted by molar-refractivity contribution is 6.32. The van der Waals surface area contributed by atoms with Gasteiger partial charge in [-0.2, -0.15) is 0 Å². The Bertz CT molecular complexity index is 778. The monoisotopic (exact) mass is 361 g/mol. The van der Waals surface area contributed by atoms with Crippen LogP contribution in [0.5, 0.6) is 17.2 Å². The largest absolute Gasteiger partial charge is 0.486 e. The summed E-state index contributed by atoms with van der Waals surface area (Å²) in [5, 5.41) is 3.34. The standard InChI is InChI=1S/C19H20ClNO4/c1-12-6-7-15(20)17(10-12)25-13(2)19(22)21-11-14-4-3-5-16-18(14)24-9-8-23-16/h3-7,10,13H,8-9,11H2,1-2H3,(H,21,22). The Hall–Kier alpha value is -2.40. The number of halogens is 1. The van der Waals surface area contributed by atoms with Crippen molar-refractivity contribution in [2.75, 3.05) is 13.2 Å². The molecule has 132 valence electrons. The Morgan fingerprint density at radius 3 is 2.92 bits per heavy atom. The Morgan fingerprint density at radius 2 is 2.08 bits per heavy atom. The van der Waals surface area contributed by atoms with Crippen molar-refractivity contribution < 1.29 is 19.0 Å². The molecule has 5 nitrogen and oxygen atoms in total. The van der Waals surface area contributed by atoms with Crippen LogP contribution in [-0.2, 0) is 11.3 Å². The predicted octanol–water partition coefficient (Wildman–Crippen LogP) is 3.50. The van der Waals surface area contributed by atoms with Crippen LogP contribution in [0.4, 0.5) is 0 Å². The molecule has 0 saturated carbocycles. The van der Waals surface area contributed by atoms with Gasteiger partial charge in [0.05, 0.1) is 5.02 Å². The van der Waals surface area contributed by atoms with E-state index in [2.05, 4.69) is 5.32 Å². The van der Waals surface area contributed by atoms with Gasteiger partial charge in [-0.3, -0.25) is 4.79 Å². The van der Waals surface area contributed by atoms with E-state index in [-0.39, 0.29) is 5.91 Å². The first-order chi connectivity index (χ1) is 12.0. The topological polar surface area (TPSA) is 56.8 Å². The van der Waals surface area contributed by atoms with Crippen molar-refractivity contribution in [3.05, 3.63) is 52.5 Å². The lowest BCUT2D eigenvalue weighted by molar-refractivity contribution is -0.127. The number of carbonyl (C=O) groups excluding carboxylic acids is 1. The van der Waals surface area contributed by atoms with Crippen molar-refractivity contribution in [3.8, 4) is 17.2 Å². The first kappa shape index (κ1) is 17.4. The zero-order chi connectivity index (χ0) is 17.8. The van der Waals surface area contributed by atoms with E-state index >= 15 is 0 Å². The fraction of sp³-hybridized carbons (Fsp3) is 0.316. The van der Waals surface area contributed by atoms with E-state index in [4.69, 9.17) is 25.8 Å². The maximum atomic E-state index is 12.3. The molecule has 1 N–H and O–H groups in total. The van der Waals surface area contributed by atoms with Crippen LogP contribution in [0.2, 0.25) is 5.02 Å². The van der Waals surface area contributed by atoms with Gasteiger partial charge in [-0.25, -0.2) is 0 Å². The Kier molecular flexibility index (Phi) is 5.34. The van der Waals surface area contributed by atoms with Crippen LogP contribution in [0, 0.1) is 6.92 Å². The van der Waals surface area contributed by atoms with E-state index in [1.807, 2.05) is 37.3 Å². The second kappa shape index (κ2) is 7.66. The van der Waals surface area contributed by atoms with Crippen LogP contribution < -0.4 is 19.5 Å². The van der Waals surface area contributed by atoms with Gasteiger partial charge in [0.15, 0.2) is 17.6 Å². The van der Waals surface area contributed by atoms with Gasteiger partial charge >= 0.3 is 0 Å². The molecule has 0 radical (unpaired) electrons. The molecule has 1 amide bonds. The average molecular weight is 362 g/mol. The number of rotatable bonds is 5. The summed E-state index contributed by atoms with van der Waals surface area (Å²) in [5.74, 6) is 1.66.